The number of benzene rings is 11. The highest BCUT2D eigenvalue weighted by molar-refractivity contribution is 6.15. The van der Waals surface area contributed by atoms with Crippen molar-refractivity contribution in [1.82, 2.24) is 9.13 Å². The smallest absolute Gasteiger partial charge is 0.309 e. The van der Waals surface area contributed by atoms with E-state index >= 15 is 13.2 Å². The molecule has 0 saturated heterocycles. The fourth-order valence-electron chi connectivity index (χ4n) is 13.2. The van der Waals surface area contributed by atoms with Crippen molar-refractivity contribution in [2.24, 2.45) is 0 Å². The molecule has 0 aliphatic rings. The maximum atomic E-state index is 15.5. The van der Waals surface area contributed by atoms with Crippen molar-refractivity contribution >= 4 is 77.7 Å². The lowest BCUT2D eigenvalue weighted by Gasteiger charge is -2.22. The first-order chi connectivity index (χ1) is 48.0. The van der Waals surface area contributed by atoms with Gasteiger partial charge in [0.15, 0.2) is 34.1 Å². The molecule has 99 heavy (non-hydrogen) atoms. The van der Waals surface area contributed by atoms with Crippen LogP contribution in [-0.2, 0) is 6.18 Å². The monoisotopic (exact) mass is 1270 g/mol. The average molecular weight is 1270 g/mol. The number of rotatable bonds is 8. The molecule has 0 fully saturated rings. The highest BCUT2D eigenvalue weighted by Crippen LogP contribution is 2.50. The van der Waals surface area contributed by atoms with Gasteiger partial charge in [-0.25, -0.2) is 29.1 Å². The van der Waals surface area contributed by atoms with Crippen LogP contribution in [0.1, 0.15) is 50.1 Å². The Labute approximate surface area is 562 Å². The Morgan fingerprint density at radius 3 is 1.08 bits per heavy atom. The number of halogens is 3. The first-order valence-electron chi connectivity index (χ1n) is 29.4. The highest BCUT2D eigenvalue weighted by atomic mass is 19.4. The van der Waals surface area contributed by atoms with Crippen LogP contribution < -0.4 is 0 Å². The Morgan fingerprint density at radius 2 is 0.707 bits per heavy atom. The Bertz CT molecular complexity index is 6040. The first kappa shape index (κ1) is 62.0. The van der Waals surface area contributed by atoms with Crippen LogP contribution in [0.2, 0.25) is 0 Å². The first-order valence-corrected chi connectivity index (χ1v) is 29.4. The van der Waals surface area contributed by atoms with Gasteiger partial charge in [-0.1, -0.05) is 60.7 Å². The van der Waals surface area contributed by atoms with Gasteiger partial charge in [0.25, 0.3) is 0 Å². The van der Waals surface area contributed by atoms with Gasteiger partial charge in [-0.15, -0.1) is 0 Å². The van der Waals surface area contributed by atoms with Gasteiger partial charge in [-0.3, -0.25) is 0 Å². The Morgan fingerprint density at radius 1 is 0.333 bits per heavy atom. The van der Waals surface area contributed by atoms with Gasteiger partial charge in [0, 0.05) is 77.2 Å². The topological polar surface area (TPSA) is 203 Å². The van der Waals surface area contributed by atoms with Crippen molar-refractivity contribution < 1.29 is 13.2 Å². The number of hydrogen-bond donors (Lipinski definition) is 0. The number of nitriles is 7. The van der Waals surface area contributed by atoms with Crippen molar-refractivity contribution in [3.8, 4) is 121 Å². The summed E-state index contributed by atoms with van der Waals surface area (Å²) in [4.78, 5) is 21.9. The van der Waals surface area contributed by atoms with Crippen LogP contribution in [0.25, 0.3) is 151 Å². The normalized spacial score (nSPS) is 10.7. The molecule has 0 atom stereocenters. The second kappa shape index (κ2) is 24.3. The lowest BCUT2D eigenvalue weighted by Crippen LogP contribution is -2.08. The molecule has 0 N–H and O–H groups in total. The summed E-state index contributed by atoms with van der Waals surface area (Å²) in [6.45, 7) is 49.9. The molecular weight excluding hydrogens is 1240 g/mol. The largest absolute Gasteiger partial charge is 0.417 e. The Balaban J connectivity index is 1.18. The van der Waals surface area contributed by atoms with Gasteiger partial charge in [-0.05, 0) is 161 Å². The lowest BCUT2D eigenvalue weighted by atomic mass is 9.90. The van der Waals surface area contributed by atoms with E-state index in [1.165, 1.54) is 54.6 Å². The van der Waals surface area contributed by atoms with E-state index in [1.54, 1.807) is 122 Å². The number of alkyl halides is 3. The van der Waals surface area contributed by atoms with Crippen molar-refractivity contribution in [3.63, 3.8) is 0 Å². The molecule has 0 unspecified atom stereocenters. The third-order valence-electron chi connectivity index (χ3n) is 17.4. The van der Waals surface area contributed by atoms with Gasteiger partial charge < -0.3 is 9.13 Å². The molecule has 0 radical (unpaired) electrons. The van der Waals surface area contributed by atoms with E-state index in [0.29, 0.717) is 93.9 Å². The van der Waals surface area contributed by atoms with E-state index in [1.807, 2.05) is 21.3 Å². The zero-order valence-corrected chi connectivity index (χ0v) is 51.1. The molecule has 0 amide bonds. The van der Waals surface area contributed by atoms with Crippen molar-refractivity contribution in [1.29, 1.82) is 36.8 Å². The van der Waals surface area contributed by atoms with Gasteiger partial charge in [0.05, 0.1) is 138 Å². The predicted molar refractivity (Wildman–Crippen MR) is 368 cm³/mol. The molecule has 2 aromatic heterocycles. The minimum absolute atomic E-state index is 0.00972. The molecule has 0 saturated carbocycles. The number of aryl methyl sites for hydroxylation is 1. The molecular formula is C81H32F3N15. The number of nitrogens with zero attached hydrogens (tertiary/aromatic N) is 15. The summed E-state index contributed by atoms with van der Waals surface area (Å²) in [5, 5.41) is 75.0. The number of aromatic nitrogens is 2. The van der Waals surface area contributed by atoms with E-state index in [-0.39, 0.29) is 106 Å². The van der Waals surface area contributed by atoms with E-state index in [2.05, 4.69) is 59.4 Å². The zero-order chi connectivity index (χ0) is 69.7. The molecule has 11 aromatic carbocycles. The molecule has 0 spiro atoms. The van der Waals surface area contributed by atoms with Crippen LogP contribution in [0.5, 0.6) is 0 Å². The zero-order valence-electron chi connectivity index (χ0n) is 51.1. The maximum absolute atomic E-state index is 15.5. The summed E-state index contributed by atoms with van der Waals surface area (Å²) < 4.78 is 50.2. The summed E-state index contributed by atoms with van der Waals surface area (Å²) in [6.07, 6.45) is -4.84. The third kappa shape index (κ3) is 10.1. The van der Waals surface area contributed by atoms with Crippen molar-refractivity contribution in [2.75, 3.05) is 0 Å². The molecule has 15 nitrogen and oxygen atoms in total. The molecule has 452 valence electrons. The van der Waals surface area contributed by atoms with Crippen LogP contribution in [0.4, 0.5) is 47.3 Å². The van der Waals surface area contributed by atoms with Crippen LogP contribution in [0.3, 0.4) is 0 Å². The summed E-state index contributed by atoms with van der Waals surface area (Å²) >= 11 is 0. The Hall–Kier alpha value is -15.8. The maximum Gasteiger partial charge on any atom is 0.417 e. The second-order valence-electron chi connectivity index (χ2n) is 22.6. The lowest BCUT2D eigenvalue weighted by molar-refractivity contribution is -0.137. The van der Waals surface area contributed by atoms with E-state index < -0.39 is 11.7 Å². The van der Waals surface area contributed by atoms with Gasteiger partial charge in [-0.2, -0.15) is 50.0 Å². The third-order valence-corrected chi connectivity index (χ3v) is 17.4. The fourth-order valence-corrected chi connectivity index (χ4v) is 13.2. The van der Waals surface area contributed by atoms with Gasteiger partial charge in [0.2, 0.25) is 0 Å². The summed E-state index contributed by atoms with van der Waals surface area (Å²) in [6, 6.07) is 60.5. The fraction of sp³-hybridized carbons (Fsp3) is 0.0247. The van der Waals surface area contributed by atoms with Crippen LogP contribution in [-0.4, -0.2) is 9.13 Å². The molecule has 0 aliphatic carbocycles. The Kier molecular flexibility index (Phi) is 15.2. The van der Waals surface area contributed by atoms with Crippen LogP contribution in [0.15, 0.2) is 176 Å². The number of fused-ring (bicyclic) bond motifs is 6. The number of hydrogen-bond acceptors (Lipinski definition) is 7. The molecule has 18 heteroatoms. The molecule has 2 heterocycles. The average Bonchev–Trinajstić information content (AvgIpc) is 1.59. The van der Waals surface area contributed by atoms with Crippen molar-refractivity contribution in [2.45, 2.75) is 13.1 Å². The van der Waals surface area contributed by atoms with Gasteiger partial charge in [0.1, 0.15) is 0 Å². The van der Waals surface area contributed by atoms with E-state index in [0.717, 1.165) is 6.07 Å². The molecule has 13 rings (SSSR count). The van der Waals surface area contributed by atoms with Crippen LogP contribution in [0, 0.1) is 126 Å². The SMILES string of the molecule is [C-]#[N+]c1cc(C#N)c(-c2ccc3c(c2)c2cc(-c4c(C#N)cc(C#N)cc4[N+]#[C-])ccc2n3-c2ccc(-c3c(C)cccc3C(F)(F)F)cc2-c2ccc(C#N)cc2-n2c3ccc(-c4c(C#N)cc(C#N)cc4[N+]#[C-])cc3c3cc(-c4c(C#N)cc([N+]#[C-])cc4[N+]#[C-])ccc32)c([N+]#[C-])c1. The minimum Gasteiger partial charge on any atom is -0.309 e. The second-order valence-corrected chi connectivity index (χ2v) is 22.6. The molecule has 0 bridgehead atoms. The summed E-state index contributed by atoms with van der Waals surface area (Å²) in [7, 11) is 0. The van der Waals surface area contributed by atoms with E-state index in [9.17, 15) is 36.8 Å². The standard InChI is InChI=1S/C81H32F3N15/c1-44-9-8-10-65(81(82,83)84)76(44)48-12-18-70(98-71-19-13-49(77-53(40-88)23-46(38-86)25-66(77)94-4)31-61(71)62-33-51(14-20-72(62)98)79-55(42-90)28-57(92-2)35-68(79)96-6)60(30-48)59-17-11-45(37-85)27-75(59)99-73-21-15-50(78-54(41-89)24-47(39-87)26-67(78)95-5)32-63(73)64-34-52(16-22-74(64)99)80-56(43-91)29-58(93-3)36-69(80)97-7/h8-36H,1H3. The summed E-state index contributed by atoms with van der Waals surface area (Å²) in [5.41, 5.74) is 5.73. The highest BCUT2D eigenvalue weighted by Gasteiger charge is 2.35. The van der Waals surface area contributed by atoms with Crippen LogP contribution >= 0.6 is 0 Å². The van der Waals surface area contributed by atoms with E-state index in [4.69, 9.17) is 39.4 Å². The molecule has 0 aliphatic heterocycles. The minimum atomic E-state index is -4.84. The quantitative estimate of drug-likeness (QED) is 0.135. The molecule has 13 aromatic rings. The summed E-state index contributed by atoms with van der Waals surface area (Å²) in [5.74, 6) is 0. The predicted octanol–water partition coefficient (Wildman–Crippen LogP) is 21.6. The van der Waals surface area contributed by atoms with Gasteiger partial charge >= 0.3 is 6.18 Å². The van der Waals surface area contributed by atoms with Crippen molar-refractivity contribution in [3.05, 3.63) is 294 Å².